The molecule has 2 fully saturated rings. The van der Waals surface area contributed by atoms with Crippen molar-refractivity contribution in [1.29, 1.82) is 0 Å². The summed E-state index contributed by atoms with van der Waals surface area (Å²) in [6, 6.07) is 0.638. The maximum atomic E-state index is 5.94. The summed E-state index contributed by atoms with van der Waals surface area (Å²) >= 11 is 1.94. The van der Waals surface area contributed by atoms with Gasteiger partial charge < -0.3 is 10.1 Å². The van der Waals surface area contributed by atoms with Crippen LogP contribution in [0, 0.1) is 11.3 Å². The second-order valence-corrected chi connectivity index (χ2v) is 8.25. The standard InChI is InChI=1S/C14H27NOS/c1-13(2,17-5)9-15-11-10-7-6-8-16-12(10)14(11,3)4/h10-12,15H,6-9H2,1-5H3. The van der Waals surface area contributed by atoms with Crippen LogP contribution in [0.5, 0.6) is 0 Å². The molecule has 2 rings (SSSR count). The Balaban J connectivity index is 1.92. The Bertz CT molecular complexity index is 277. The average molecular weight is 257 g/mol. The van der Waals surface area contributed by atoms with Gasteiger partial charge in [-0.05, 0) is 32.9 Å². The van der Waals surface area contributed by atoms with Gasteiger partial charge in [0.15, 0.2) is 0 Å². The molecular weight excluding hydrogens is 230 g/mol. The van der Waals surface area contributed by atoms with E-state index in [4.69, 9.17) is 4.74 Å². The van der Waals surface area contributed by atoms with Gasteiger partial charge >= 0.3 is 0 Å². The molecule has 3 heteroatoms. The Hall–Kier alpha value is 0.270. The van der Waals surface area contributed by atoms with E-state index in [-0.39, 0.29) is 0 Å². The van der Waals surface area contributed by atoms with Crippen LogP contribution in [-0.2, 0) is 4.74 Å². The molecule has 2 aliphatic rings. The molecule has 0 radical (unpaired) electrons. The summed E-state index contributed by atoms with van der Waals surface area (Å²) in [6.45, 7) is 11.4. The first-order valence-corrected chi connectivity index (χ1v) is 8.01. The lowest BCUT2D eigenvalue weighted by Crippen LogP contribution is -2.70. The minimum atomic E-state index is 0.305. The Morgan fingerprint density at radius 2 is 2.12 bits per heavy atom. The van der Waals surface area contributed by atoms with Crippen molar-refractivity contribution in [2.45, 2.75) is 57.4 Å². The number of rotatable bonds is 4. The predicted octanol–water partition coefficient (Wildman–Crippen LogP) is 2.92. The SMILES string of the molecule is CSC(C)(C)CNC1C2CCCOC2C1(C)C. The second kappa shape index (κ2) is 4.75. The lowest BCUT2D eigenvalue weighted by Gasteiger charge is -2.60. The monoisotopic (exact) mass is 257 g/mol. The van der Waals surface area contributed by atoms with Crippen LogP contribution in [0.1, 0.15) is 40.5 Å². The van der Waals surface area contributed by atoms with Crippen LogP contribution in [0.25, 0.3) is 0 Å². The molecular formula is C14H27NOS. The zero-order chi connectivity index (χ0) is 12.7. The summed E-state index contributed by atoms with van der Waals surface area (Å²) < 4.78 is 6.27. The molecule has 3 atom stereocenters. The zero-order valence-corrected chi connectivity index (χ0v) is 12.7. The van der Waals surface area contributed by atoms with Crippen LogP contribution >= 0.6 is 11.8 Å². The first-order chi connectivity index (χ1) is 7.88. The Labute approximate surface area is 110 Å². The summed E-state index contributed by atoms with van der Waals surface area (Å²) in [5.41, 5.74) is 0.305. The van der Waals surface area contributed by atoms with Gasteiger partial charge in [0.25, 0.3) is 0 Å². The number of hydrogen-bond acceptors (Lipinski definition) is 3. The van der Waals surface area contributed by atoms with E-state index in [0.29, 0.717) is 22.3 Å². The lowest BCUT2D eigenvalue weighted by atomic mass is 9.55. The van der Waals surface area contributed by atoms with Crippen LogP contribution in [0.15, 0.2) is 0 Å². The van der Waals surface area contributed by atoms with Crippen molar-refractivity contribution in [3.8, 4) is 0 Å². The fourth-order valence-corrected chi connectivity index (χ4v) is 3.59. The molecule has 1 saturated carbocycles. The molecule has 17 heavy (non-hydrogen) atoms. The van der Waals surface area contributed by atoms with E-state index in [1.165, 1.54) is 12.8 Å². The smallest absolute Gasteiger partial charge is 0.0684 e. The molecule has 0 spiro atoms. The van der Waals surface area contributed by atoms with Gasteiger partial charge in [0.2, 0.25) is 0 Å². The van der Waals surface area contributed by atoms with Crippen molar-refractivity contribution >= 4 is 11.8 Å². The summed E-state index contributed by atoms with van der Waals surface area (Å²) in [6.07, 6.45) is 5.26. The molecule has 0 amide bonds. The first kappa shape index (κ1) is 13.7. The number of thioether (sulfide) groups is 1. The first-order valence-electron chi connectivity index (χ1n) is 6.78. The number of ether oxygens (including phenoxy) is 1. The highest BCUT2D eigenvalue weighted by Crippen LogP contribution is 2.51. The Morgan fingerprint density at radius 1 is 1.41 bits per heavy atom. The van der Waals surface area contributed by atoms with Crippen molar-refractivity contribution in [2.75, 3.05) is 19.4 Å². The zero-order valence-electron chi connectivity index (χ0n) is 11.9. The van der Waals surface area contributed by atoms with Crippen LogP contribution < -0.4 is 5.32 Å². The van der Waals surface area contributed by atoms with Crippen molar-refractivity contribution in [2.24, 2.45) is 11.3 Å². The summed E-state index contributed by atoms with van der Waals surface area (Å²) in [5, 5.41) is 3.80. The van der Waals surface area contributed by atoms with E-state index >= 15 is 0 Å². The highest BCUT2D eigenvalue weighted by atomic mass is 32.2. The number of hydrogen-bond donors (Lipinski definition) is 1. The van der Waals surface area contributed by atoms with Gasteiger partial charge in [-0.1, -0.05) is 13.8 Å². The Kier molecular flexibility index (Phi) is 3.82. The number of fused-ring (bicyclic) bond motifs is 1. The third-order valence-corrected chi connectivity index (χ3v) is 5.88. The van der Waals surface area contributed by atoms with Crippen molar-refractivity contribution in [1.82, 2.24) is 5.32 Å². The van der Waals surface area contributed by atoms with E-state index < -0.39 is 0 Å². The van der Waals surface area contributed by atoms with Crippen LogP contribution in [0.3, 0.4) is 0 Å². The average Bonchev–Trinajstić information content (AvgIpc) is 2.29. The third-order valence-electron chi connectivity index (χ3n) is 4.63. The van der Waals surface area contributed by atoms with Gasteiger partial charge in [-0.15, -0.1) is 0 Å². The minimum Gasteiger partial charge on any atom is -0.377 e. The molecule has 0 bridgehead atoms. The van der Waals surface area contributed by atoms with Crippen molar-refractivity contribution in [3.05, 3.63) is 0 Å². The molecule has 100 valence electrons. The van der Waals surface area contributed by atoms with E-state index in [2.05, 4.69) is 39.3 Å². The highest BCUT2D eigenvalue weighted by molar-refractivity contribution is 7.99. The maximum Gasteiger partial charge on any atom is 0.0684 e. The normalized spacial score (nSPS) is 36.2. The Morgan fingerprint density at radius 3 is 2.76 bits per heavy atom. The third kappa shape index (κ3) is 2.52. The summed E-state index contributed by atoms with van der Waals surface area (Å²) in [5.74, 6) is 0.747. The van der Waals surface area contributed by atoms with E-state index in [1.807, 2.05) is 11.8 Å². The van der Waals surface area contributed by atoms with Gasteiger partial charge in [-0.25, -0.2) is 0 Å². The van der Waals surface area contributed by atoms with Gasteiger partial charge in [0, 0.05) is 35.3 Å². The van der Waals surface area contributed by atoms with E-state index in [1.54, 1.807) is 0 Å². The maximum absolute atomic E-state index is 5.94. The molecule has 2 nitrogen and oxygen atoms in total. The molecule has 1 N–H and O–H groups in total. The summed E-state index contributed by atoms with van der Waals surface area (Å²) in [7, 11) is 0. The fraction of sp³-hybridized carbons (Fsp3) is 1.00. The van der Waals surface area contributed by atoms with E-state index in [9.17, 15) is 0 Å². The number of nitrogens with one attached hydrogen (secondary N) is 1. The van der Waals surface area contributed by atoms with Crippen LogP contribution in [-0.4, -0.2) is 36.3 Å². The molecule has 1 heterocycles. The van der Waals surface area contributed by atoms with Crippen molar-refractivity contribution in [3.63, 3.8) is 0 Å². The van der Waals surface area contributed by atoms with Gasteiger partial charge in [0.1, 0.15) is 0 Å². The quantitative estimate of drug-likeness (QED) is 0.837. The van der Waals surface area contributed by atoms with Crippen LogP contribution in [0.4, 0.5) is 0 Å². The molecule has 0 aromatic rings. The molecule has 1 saturated heterocycles. The minimum absolute atomic E-state index is 0.305. The molecule has 1 aliphatic heterocycles. The molecule has 1 aliphatic carbocycles. The van der Waals surface area contributed by atoms with E-state index in [0.717, 1.165) is 19.1 Å². The second-order valence-electron chi connectivity index (χ2n) is 6.74. The molecule has 0 aromatic carbocycles. The largest absolute Gasteiger partial charge is 0.377 e. The summed E-state index contributed by atoms with van der Waals surface area (Å²) in [4.78, 5) is 0. The van der Waals surface area contributed by atoms with Gasteiger partial charge in [-0.3, -0.25) is 0 Å². The molecule has 3 unspecified atom stereocenters. The van der Waals surface area contributed by atoms with Gasteiger partial charge in [0.05, 0.1) is 6.10 Å². The van der Waals surface area contributed by atoms with Crippen LogP contribution in [0.2, 0.25) is 0 Å². The molecule has 0 aromatic heterocycles. The lowest BCUT2D eigenvalue weighted by molar-refractivity contribution is -0.192. The highest BCUT2D eigenvalue weighted by Gasteiger charge is 2.57. The fourth-order valence-electron chi connectivity index (χ4n) is 3.36. The van der Waals surface area contributed by atoms with Crippen molar-refractivity contribution < 1.29 is 4.74 Å². The topological polar surface area (TPSA) is 21.3 Å². The predicted molar refractivity (Wildman–Crippen MR) is 75.6 cm³/mol. The van der Waals surface area contributed by atoms with Gasteiger partial charge in [-0.2, -0.15) is 11.8 Å².